The Labute approximate surface area is 172 Å². The van der Waals surface area contributed by atoms with E-state index in [1.807, 2.05) is 73.0 Å². The van der Waals surface area contributed by atoms with Gasteiger partial charge in [-0.3, -0.25) is 10.1 Å². The zero-order valence-electron chi connectivity index (χ0n) is 15.8. The fourth-order valence-electron chi connectivity index (χ4n) is 2.85. The summed E-state index contributed by atoms with van der Waals surface area (Å²) in [6, 6.07) is 21.8. The van der Waals surface area contributed by atoms with Gasteiger partial charge < -0.3 is 9.15 Å². The number of anilines is 1. The molecular formula is C22H19N3O3S. The van der Waals surface area contributed by atoms with Gasteiger partial charge in [-0.05, 0) is 46.9 Å². The van der Waals surface area contributed by atoms with Crippen molar-refractivity contribution in [2.24, 2.45) is 0 Å². The summed E-state index contributed by atoms with van der Waals surface area (Å²) in [6.45, 7) is -0.147. The number of ether oxygens (including phenoxy) is 1. The largest absolute Gasteiger partial charge is 0.484 e. The first kappa shape index (κ1) is 19.0. The molecule has 4 aromatic rings. The van der Waals surface area contributed by atoms with Crippen LogP contribution in [0.15, 0.2) is 76.0 Å². The van der Waals surface area contributed by atoms with Crippen molar-refractivity contribution in [1.82, 2.24) is 10.2 Å². The fraction of sp³-hybridized carbons (Fsp3) is 0.136. The maximum atomic E-state index is 12.1. The van der Waals surface area contributed by atoms with Gasteiger partial charge in [-0.2, -0.15) is 0 Å². The smallest absolute Gasteiger partial charge is 0.322 e. The lowest BCUT2D eigenvalue weighted by Gasteiger charge is -2.06. The molecule has 29 heavy (non-hydrogen) atoms. The SMILES string of the molecule is CSc1ccc(Cc2nnc(NC(=O)COc3ccc4ccccc4c3)o2)cc1. The summed E-state index contributed by atoms with van der Waals surface area (Å²) in [4.78, 5) is 13.3. The van der Waals surface area contributed by atoms with Crippen molar-refractivity contribution in [2.45, 2.75) is 11.3 Å². The first-order valence-corrected chi connectivity index (χ1v) is 10.3. The van der Waals surface area contributed by atoms with E-state index in [9.17, 15) is 4.79 Å². The molecule has 1 heterocycles. The van der Waals surface area contributed by atoms with Crippen molar-refractivity contribution in [1.29, 1.82) is 0 Å². The van der Waals surface area contributed by atoms with Crippen LogP contribution in [-0.2, 0) is 11.2 Å². The number of carbonyl (C=O) groups is 1. The molecule has 7 heteroatoms. The normalized spacial score (nSPS) is 10.8. The number of hydrogen-bond acceptors (Lipinski definition) is 6. The number of nitrogens with zero attached hydrogens (tertiary/aromatic N) is 2. The van der Waals surface area contributed by atoms with E-state index in [1.165, 1.54) is 4.90 Å². The molecule has 0 aliphatic heterocycles. The predicted octanol–water partition coefficient (Wildman–Crippen LogP) is 4.55. The van der Waals surface area contributed by atoms with Crippen LogP contribution >= 0.6 is 11.8 Å². The second-order valence-electron chi connectivity index (χ2n) is 6.37. The zero-order valence-corrected chi connectivity index (χ0v) is 16.6. The van der Waals surface area contributed by atoms with Crippen LogP contribution in [-0.4, -0.2) is 29.0 Å². The van der Waals surface area contributed by atoms with Gasteiger partial charge in [0.05, 0.1) is 6.42 Å². The molecule has 6 nitrogen and oxygen atoms in total. The van der Waals surface area contributed by atoms with Gasteiger partial charge in [0.1, 0.15) is 5.75 Å². The van der Waals surface area contributed by atoms with Gasteiger partial charge >= 0.3 is 6.01 Å². The standard InChI is InChI=1S/C22H19N3O3S/c1-29-19-10-6-15(7-11-19)12-21-24-25-22(28-21)23-20(26)14-27-18-9-8-16-4-2-3-5-17(16)13-18/h2-11,13H,12,14H2,1H3,(H,23,25,26). The molecule has 1 aromatic heterocycles. The molecule has 4 rings (SSSR count). The quantitative estimate of drug-likeness (QED) is 0.455. The minimum atomic E-state index is -0.363. The van der Waals surface area contributed by atoms with Crippen molar-refractivity contribution in [3.63, 3.8) is 0 Å². The van der Waals surface area contributed by atoms with Gasteiger partial charge in [-0.1, -0.05) is 47.6 Å². The molecule has 0 saturated heterocycles. The summed E-state index contributed by atoms with van der Waals surface area (Å²) in [6.07, 6.45) is 2.54. The number of benzene rings is 3. The third-order valence-electron chi connectivity index (χ3n) is 4.32. The van der Waals surface area contributed by atoms with E-state index < -0.39 is 0 Å². The highest BCUT2D eigenvalue weighted by molar-refractivity contribution is 7.98. The van der Waals surface area contributed by atoms with E-state index in [0.717, 1.165) is 16.3 Å². The van der Waals surface area contributed by atoms with E-state index >= 15 is 0 Å². The number of carbonyl (C=O) groups excluding carboxylic acids is 1. The molecule has 0 bridgehead atoms. The van der Waals surface area contributed by atoms with Crippen LogP contribution < -0.4 is 10.1 Å². The third-order valence-corrected chi connectivity index (χ3v) is 5.06. The molecule has 0 aliphatic rings. The molecule has 3 aromatic carbocycles. The molecule has 0 aliphatic carbocycles. The van der Waals surface area contributed by atoms with Crippen LogP contribution in [0.1, 0.15) is 11.5 Å². The average molecular weight is 405 g/mol. The first-order chi connectivity index (χ1) is 14.2. The Balaban J connectivity index is 1.31. The Kier molecular flexibility index (Phi) is 5.76. The third kappa shape index (κ3) is 4.94. The molecule has 0 spiro atoms. The maximum Gasteiger partial charge on any atom is 0.322 e. The van der Waals surface area contributed by atoms with Crippen molar-refractivity contribution in [3.8, 4) is 5.75 Å². The Bertz CT molecular complexity index is 1130. The Hall–Kier alpha value is -3.32. The molecule has 0 radical (unpaired) electrons. The van der Waals surface area contributed by atoms with E-state index in [0.29, 0.717) is 18.1 Å². The van der Waals surface area contributed by atoms with Crippen LogP contribution in [0.2, 0.25) is 0 Å². The topological polar surface area (TPSA) is 77.2 Å². The molecule has 1 amide bonds. The van der Waals surface area contributed by atoms with Crippen LogP contribution in [0.25, 0.3) is 10.8 Å². The average Bonchev–Trinajstić information content (AvgIpc) is 3.19. The number of amides is 1. The second kappa shape index (κ2) is 8.79. The lowest BCUT2D eigenvalue weighted by Crippen LogP contribution is -2.20. The predicted molar refractivity (Wildman–Crippen MR) is 113 cm³/mol. The van der Waals surface area contributed by atoms with E-state index in [2.05, 4.69) is 15.5 Å². The van der Waals surface area contributed by atoms with Crippen LogP contribution in [0.3, 0.4) is 0 Å². The Morgan fingerprint density at radius 3 is 2.62 bits per heavy atom. The number of rotatable bonds is 7. The van der Waals surface area contributed by atoms with E-state index in [1.54, 1.807) is 11.8 Å². The summed E-state index contributed by atoms with van der Waals surface area (Å²) in [5, 5.41) is 12.6. The first-order valence-electron chi connectivity index (χ1n) is 9.06. The fourth-order valence-corrected chi connectivity index (χ4v) is 3.26. The summed E-state index contributed by atoms with van der Waals surface area (Å²) >= 11 is 1.69. The van der Waals surface area contributed by atoms with Gasteiger partial charge in [0, 0.05) is 4.90 Å². The van der Waals surface area contributed by atoms with Crippen molar-refractivity contribution >= 4 is 34.5 Å². The highest BCUT2D eigenvalue weighted by Crippen LogP contribution is 2.21. The molecule has 0 saturated carbocycles. The van der Waals surface area contributed by atoms with E-state index in [4.69, 9.17) is 9.15 Å². The molecule has 1 N–H and O–H groups in total. The summed E-state index contributed by atoms with van der Waals surface area (Å²) < 4.78 is 11.1. The van der Waals surface area contributed by atoms with Gasteiger partial charge in [0.2, 0.25) is 5.89 Å². The molecule has 146 valence electrons. The molecular weight excluding hydrogens is 386 g/mol. The molecule has 0 fully saturated rings. The number of fused-ring (bicyclic) bond motifs is 1. The van der Waals surface area contributed by atoms with Crippen molar-refractivity contribution in [3.05, 3.63) is 78.2 Å². The van der Waals surface area contributed by atoms with Crippen molar-refractivity contribution < 1.29 is 13.9 Å². The Morgan fingerprint density at radius 1 is 1.03 bits per heavy atom. The number of nitrogens with one attached hydrogen (secondary N) is 1. The molecule has 0 unspecified atom stereocenters. The number of thioether (sulfide) groups is 1. The summed E-state index contributed by atoms with van der Waals surface area (Å²) in [5.74, 6) is 0.698. The van der Waals surface area contributed by atoms with Crippen LogP contribution in [0.5, 0.6) is 5.75 Å². The minimum absolute atomic E-state index is 0.0628. The summed E-state index contributed by atoms with van der Waals surface area (Å²) in [7, 11) is 0. The van der Waals surface area contributed by atoms with Crippen LogP contribution in [0.4, 0.5) is 6.01 Å². The van der Waals surface area contributed by atoms with Gasteiger partial charge in [-0.15, -0.1) is 16.9 Å². The summed E-state index contributed by atoms with van der Waals surface area (Å²) in [5.41, 5.74) is 1.06. The zero-order chi connectivity index (χ0) is 20.1. The van der Waals surface area contributed by atoms with E-state index in [-0.39, 0.29) is 18.5 Å². The van der Waals surface area contributed by atoms with Gasteiger partial charge in [0.15, 0.2) is 6.61 Å². The Morgan fingerprint density at radius 2 is 1.83 bits per heavy atom. The highest BCUT2D eigenvalue weighted by atomic mass is 32.2. The van der Waals surface area contributed by atoms with Gasteiger partial charge in [-0.25, -0.2) is 0 Å². The lowest BCUT2D eigenvalue weighted by molar-refractivity contribution is -0.118. The maximum absolute atomic E-state index is 12.1. The monoisotopic (exact) mass is 405 g/mol. The number of hydrogen-bond donors (Lipinski definition) is 1. The van der Waals surface area contributed by atoms with Crippen LogP contribution in [0, 0.1) is 0 Å². The second-order valence-corrected chi connectivity index (χ2v) is 7.25. The van der Waals surface area contributed by atoms with Gasteiger partial charge in [0.25, 0.3) is 5.91 Å². The van der Waals surface area contributed by atoms with Crippen molar-refractivity contribution in [2.75, 3.05) is 18.2 Å². The lowest BCUT2D eigenvalue weighted by atomic mass is 10.1. The number of aromatic nitrogens is 2. The highest BCUT2D eigenvalue weighted by Gasteiger charge is 2.11. The minimum Gasteiger partial charge on any atom is -0.484 e. The molecule has 0 atom stereocenters.